The van der Waals surface area contributed by atoms with Crippen LogP contribution in [0, 0.1) is 6.92 Å². The molecule has 4 rings (SSSR count). The van der Waals surface area contributed by atoms with Gasteiger partial charge >= 0.3 is 0 Å². The van der Waals surface area contributed by atoms with E-state index in [1.807, 2.05) is 23.1 Å². The third-order valence-electron chi connectivity index (χ3n) is 5.64. The lowest BCUT2D eigenvalue weighted by atomic mass is 10.0. The number of hydrogen-bond donors (Lipinski definition) is 0. The predicted molar refractivity (Wildman–Crippen MR) is 108 cm³/mol. The molecule has 0 spiro atoms. The third-order valence-corrected chi connectivity index (χ3v) is 5.64. The van der Waals surface area contributed by atoms with Gasteiger partial charge < -0.3 is 14.5 Å². The Morgan fingerprint density at radius 3 is 2.56 bits per heavy atom. The number of likely N-dealkylation sites (tertiary alicyclic amines) is 1. The van der Waals surface area contributed by atoms with Crippen molar-refractivity contribution in [1.29, 1.82) is 0 Å². The number of carbonyl (C=O) groups is 1. The normalized spacial score (nSPS) is 19.4. The van der Waals surface area contributed by atoms with Crippen LogP contribution in [0.25, 0.3) is 0 Å². The quantitative estimate of drug-likeness (QED) is 0.816. The number of nitrogens with zero attached hydrogens (tertiary/aromatic N) is 2. The van der Waals surface area contributed by atoms with Gasteiger partial charge in [0.1, 0.15) is 12.4 Å². The molecule has 0 bridgehead atoms. The van der Waals surface area contributed by atoms with E-state index in [4.69, 9.17) is 4.74 Å². The number of ether oxygens (including phenoxy) is 1. The average Bonchev–Trinajstić information content (AvgIpc) is 2.72. The lowest BCUT2D eigenvalue weighted by molar-refractivity contribution is -0.132. The van der Waals surface area contributed by atoms with E-state index < -0.39 is 0 Å². The van der Waals surface area contributed by atoms with Crippen LogP contribution in [0.4, 0.5) is 5.69 Å². The van der Waals surface area contributed by atoms with Gasteiger partial charge in [0.05, 0.1) is 18.2 Å². The van der Waals surface area contributed by atoms with Crippen LogP contribution < -0.4 is 9.64 Å². The molecule has 1 fully saturated rings. The standard InChI is InChI=1S/C23H28N2O2/c1-18-9-11-19(12-10-18)16-25-20(15-23(26)24-13-5-2-6-14-24)17-27-22-8-4-3-7-21(22)25/h3-4,7-12,20H,2,5-6,13-17H2,1H3. The van der Waals surface area contributed by atoms with E-state index >= 15 is 0 Å². The van der Waals surface area contributed by atoms with Crippen LogP contribution in [0.5, 0.6) is 5.75 Å². The van der Waals surface area contributed by atoms with Gasteiger partial charge in [-0.15, -0.1) is 0 Å². The number of benzene rings is 2. The second-order valence-electron chi connectivity index (χ2n) is 7.69. The molecule has 1 unspecified atom stereocenters. The molecule has 1 atom stereocenters. The lowest BCUT2D eigenvalue weighted by Crippen LogP contribution is -2.47. The summed E-state index contributed by atoms with van der Waals surface area (Å²) in [7, 11) is 0. The number of anilines is 1. The highest BCUT2D eigenvalue weighted by Crippen LogP contribution is 2.35. The molecule has 0 saturated carbocycles. The molecule has 2 aromatic rings. The van der Waals surface area contributed by atoms with Crippen LogP contribution in [0.3, 0.4) is 0 Å². The molecule has 27 heavy (non-hydrogen) atoms. The highest BCUT2D eigenvalue weighted by Gasteiger charge is 2.31. The summed E-state index contributed by atoms with van der Waals surface area (Å²) in [6, 6.07) is 16.9. The number of para-hydroxylation sites is 2. The van der Waals surface area contributed by atoms with E-state index in [0.717, 1.165) is 43.9 Å². The zero-order valence-electron chi connectivity index (χ0n) is 16.1. The monoisotopic (exact) mass is 364 g/mol. The van der Waals surface area contributed by atoms with Gasteiger partial charge in [0.15, 0.2) is 0 Å². The number of carbonyl (C=O) groups excluding carboxylic acids is 1. The Morgan fingerprint density at radius 2 is 1.78 bits per heavy atom. The molecule has 0 N–H and O–H groups in total. The summed E-state index contributed by atoms with van der Waals surface area (Å²) < 4.78 is 6.00. The van der Waals surface area contributed by atoms with Gasteiger partial charge in [-0.2, -0.15) is 0 Å². The predicted octanol–water partition coefficient (Wildman–Crippen LogP) is 4.17. The Balaban J connectivity index is 1.55. The van der Waals surface area contributed by atoms with Crippen LogP contribution in [0.2, 0.25) is 0 Å². The minimum atomic E-state index is 0.0654. The molecule has 2 aromatic carbocycles. The fourth-order valence-corrected chi connectivity index (χ4v) is 4.04. The first-order chi connectivity index (χ1) is 13.2. The second kappa shape index (κ2) is 8.03. The van der Waals surface area contributed by atoms with Gasteiger partial charge in [0.25, 0.3) is 0 Å². The van der Waals surface area contributed by atoms with Crippen molar-refractivity contribution in [3.05, 3.63) is 59.7 Å². The van der Waals surface area contributed by atoms with Gasteiger partial charge in [0, 0.05) is 19.6 Å². The van der Waals surface area contributed by atoms with Crippen molar-refractivity contribution >= 4 is 11.6 Å². The number of piperidine rings is 1. The molecule has 2 heterocycles. The molecule has 2 aliphatic rings. The number of hydrogen-bond acceptors (Lipinski definition) is 3. The Morgan fingerprint density at radius 1 is 1.04 bits per heavy atom. The highest BCUT2D eigenvalue weighted by atomic mass is 16.5. The van der Waals surface area contributed by atoms with Crippen molar-refractivity contribution in [2.45, 2.75) is 45.2 Å². The van der Waals surface area contributed by atoms with Crippen molar-refractivity contribution < 1.29 is 9.53 Å². The van der Waals surface area contributed by atoms with Crippen molar-refractivity contribution in [3.63, 3.8) is 0 Å². The third kappa shape index (κ3) is 4.10. The number of fused-ring (bicyclic) bond motifs is 1. The molecule has 0 aromatic heterocycles. The summed E-state index contributed by atoms with van der Waals surface area (Å²) in [5.74, 6) is 1.17. The zero-order valence-corrected chi connectivity index (χ0v) is 16.1. The number of aryl methyl sites for hydroxylation is 1. The summed E-state index contributed by atoms with van der Waals surface area (Å²) in [6.45, 7) is 5.26. The lowest BCUT2D eigenvalue weighted by Gasteiger charge is -2.39. The van der Waals surface area contributed by atoms with Crippen LogP contribution in [0.1, 0.15) is 36.8 Å². The fraction of sp³-hybridized carbons (Fsp3) is 0.435. The van der Waals surface area contributed by atoms with Crippen LogP contribution in [0.15, 0.2) is 48.5 Å². The van der Waals surface area contributed by atoms with Crippen molar-refractivity contribution in [3.8, 4) is 5.75 Å². The summed E-state index contributed by atoms with van der Waals surface area (Å²) in [5.41, 5.74) is 3.60. The Kier molecular flexibility index (Phi) is 5.33. The molecule has 4 nitrogen and oxygen atoms in total. The first-order valence-electron chi connectivity index (χ1n) is 10.0. The molecule has 0 radical (unpaired) electrons. The molecule has 1 amide bonds. The van der Waals surface area contributed by atoms with Gasteiger partial charge in [-0.25, -0.2) is 0 Å². The van der Waals surface area contributed by atoms with Crippen LogP contribution in [-0.2, 0) is 11.3 Å². The Hall–Kier alpha value is -2.49. The van der Waals surface area contributed by atoms with E-state index in [1.54, 1.807) is 0 Å². The van der Waals surface area contributed by atoms with E-state index in [2.05, 4.69) is 42.2 Å². The maximum Gasteiger partial charge on any atom is 0.224 e. The Bertz CT molecular complexity index is 781. The summed E-state index contributed by atoms with van der Waals surface area (Å²) in [4.78, 5) is 17.3. The van der Waals surface area contributed by atoms with E-state index in [1.165, 1.54) is 17.5 Å². The smallest absolute Gasteiger partial charge is 0.224 e. The second-order valence-corrected chi connectivity index (χ2v) is 7.69. The summed E-state index contributed by atoms with van der Waals surface area (Å²) >= 11 is 0. The molecule has 0 aliphatic carbocycles. The average molecular weight is 364 g/mol. The summed E-state index contributed by atoms with van der Waals surface area (Å²) in [5, 5.41) is 0. The highest BCUT2D eigenvalue weighted by molar-refractivity contribution is 5.78. The topological polar surface area (TPSA) is 32.8 Å². The van der Waals surface area contributed by atoms with Gasteiger partial charge in [0.2, 0.25) is 5.91 Å². The molecule has 2 aliphatic heterocycles. The maximum atomic E-state index is 12.9. The number of rotatable bonds is 4. The van der Waals surface area contributed by atoms with Crippen LogP contribution in [-0.4, -0.2) is 36.5 Å². The van der Waals surface area contributed by atoms with E-state index in [9.17, 15) is 4.79 Å². The largest absolute Gasteiger partial charge is 0.489 e. The van der Waals surface area contributed by atoms with Crippen molar-refractivity contribution in [2.75, 3.05) is 24.6 Å². The van der Waals surface area contributed by atoms with E-state index in [-0.39, 0.29) is 11.9 Å². The minimum absolute atomic E-state index is 0.0654. The van der Waals surface area contributed by atoms with Gasteiger partial charge in [-0.05, 0) is 43.9 Å². The minimum Gasteiger partial charge on any atom is -0.489 e. The molecule has 142 valence electrons. The van der Waals surface area contributed by atoms with Gasteiger partial charge in [-0.3, -0.25) is 4.79 Å². The first kappa shape index (κ1) is 17.9. The van der Waals surface area contributed by atoms with E-state index in [0.29, 0.717) is 13.0 Å². The molecular weight excluding hydrogens is 336 g/mol. The Labute approximate surface area is 161 Å². The van der Waals surface area contributed by atoms with Gasteiger partial charge in [-0.1, -0.05) is 42.0 Å². The van der Waals surface area contributed by atoms with Crippen molar-refractivity contribution in [2.24, 2.45) is 0 Å². The van der Waals surface area contributed by atoms with Crippen LogP contribution >= 0.6 is 0 Å². The zero-order chi connectivity index (χ0) is 18.6. The summed E-state index contributed by atoms with van der Waals surface area (Å²) in [6.07, 6.45) is 4.01. The van der Waals surface area contributed by atoms with Crippen molar-refractivity contribution in [1.82, 2.24) is 4.90 Å². The fourth-order valence-electron chi connectivity index (χ4n) is 4.04. The molecule has 4 heteroatoms. The molecule has 1 saturated heterocycles. The first-order valence-corrected chi connectivity index (χ1v) is 10.0. The SMILES string of the molecule is Cc1ccc(CN2c3ccccc3OCC2CC(=O)N2CCCCC2)cc1. The maximum absolute atomic E-state index is 12.9. The number of amides is 1. The molecular formula is C23H28N2O2.